The van der Waals surface area contributed by atoms with Crippen LogP contribution in [0.1, 0.15) is 5.76 Å². The first-order chi connectivity index (χ1) is 7.34. The van der Waals surface area contributed by atoms with Gasteiger partial charge >= 0.3 is 0 Å². The maximum Gasteiger partial charge on any atom is 0.195 e. The molecular formula is C10H10N4O. The van der Waals surface area contributed by atoms with E-state index in [4.69, 9.17) is 10.2 Å². The molecule has 5 nitrogen and oxygen atoms in total. The van der Waals surface area contributed by atoms with E-state index in [1.54, 1.807) is 6.26 Å². The number of nitrogens with one attached hydrogen (secondary N) is 2. The number of fused-ring (bicyclic) bond motifs is 1. The topological polar surface area (TPSA) is 75.6 Å². The fourth-order valence-corrected chi connectivity index (χ4v) is 1.73. The van der Waals surface area contributed by atoms with Crippen molar-refractivity contribution in [3.8, 4) is 0 Å². The molecule has 0 amide bonds. The Morgan fingerprint density at radius 3 is 3.20 bits per heavy atom. The van der Waals surface area contributed by atoms with Gasteiger partial charge in [0.15, 0.2) is 11.7 Å². The molecule has 15 heavy (non-hydrogen) atoms. The third-order valence-electron chi connectivity index (χ3n) is 2.39. The lowest BCUT2D eigenvalue weighted by Crippen LogP contribution is -2.39. The van der Waals surface area contributed by atoms with Crippen molar-refractivity contribution < 1.29 is 4.42 Å². The van der Waals surface area contributed by atoms with E-state index < -0.39 is 0 Å². The second-order valence-electron chi connectivity index (χ2n) is 3.35. The van der Waals surface area contributed by atoms with Gasteiger partial charge in [-0.25, -0.2) is 4.99 Å². The number of nitrogens with two attached hydrogens (primary N) is 1. The number of furan rings is 1. The highest BCUT2D eigenvalue weighted by Gasteiger charge is 2.25. The smallest absolute Gasteiger partial charge is 0.195 e. The van der Waals surface area contributed by atoms with Crippen LogP contribution in [0.3, 0.4) is 0 Å². The molecule has 0 aliphatic carbocycles. The van der Waals surface area contributed by atoms with Crippen LogP contribution < -0.4 is 16.4 Å². The summed E-state index contributed by atoms with van der Waals surface area (Å²) in [6, 6.07) is 3.73. The second-order valence-corrected chi connectivity index (χ2v) is 3.35. The summed E-state index contributed by atoms with van der Waals surface area (Å²) in [6.07, 6.45) is 5.36. The van der Waals surface area contributed by atoms with Crippen LogP contribution in [-0.4, -0.2) is 12.1 Å². The molecule has 3 rings (SSSR count). The van der Waals surface area contributed by atoms with Crippen molar-refractivity contribution >= 4 is 11.7 Å². The van der Waals surface area contributed by atoms with Crippen LogP contribution in [0.25, 0.3) is 5.70 Å². The maximum absolute atomic E-state index is 5.68. The van der Waals surface area contributed by atoms with Crippen molar-refractivity contribution in [2.45, 2.75) is 6.17 Å². The number of guanidine groups is 1. The third kappa shape index (κ3) is 1.20. The monoisotopic (exact) mass is 202 g/mol. The summed E-state index contributed by atoms with van der Waals surface area (Å²) in [5.41, 5.74) is 7.60. The van der Waals surface area contributed by atoms with Crippen LogP contribution in [0.4, 0.5) is 0 Å². The van der Waals surface area contributed by atoms with Crippen molar-refractivity contribution in [1.82, 2.24) is 10.6 Å². The highest BCUT2D eigenvalue weighted by molar-refractivity contribution is 5.91. The Bertz CT molecular complexity index is 470. The second kappa shape index (κ2) is 2.91. The number of hydrogen-bond acceptors (Lipinski definition) is 5. The highest BCUT2D eigenvalue weighted by atomic mass is 16.3. The molecule has 5 heteroatoms. The van der Waals surface area contributed by atoms with E-state index in [9.17, 15) is 0 Å². The van der Waals surface area contributed by atoms with Gasteiger partial charge in [-0.3, -0.25) is 0 Å². The number of rotatable bonds is 1. The molecule has 76 valence electrons. The van der Waals surface area contributed by atoms with E-state index in [2.05, 4.69) is 15.6 Å². The summed E-state index contributed by atoms with van der Waals surface area (Å²) in [5.74, 6) is 1.16. The molecule has 0 saturated carbocycles. The average molecular weight is 202 g/mol. The van der Waals surface area contributed by atoms with Crippen LogP contribution in [0.5, 0.6) is 0 Å². The Morgan fingerprint density at radius 1 is 1.47 bits per heavy atom. The van der Waals surface area contributed by atoms with Gasteiger partial charge in [0.25, 0.3) is 0 Å². The molecule has 1 unspecified atom stereocenters. The van der Waals surface area contributed by atoms with Gasteiger partial charge in [-0.2, -0.15) is 0 Å². The zero-order chi connectivity index (χ0) is 10.3. The minimum absolute atomic E-state index is 0.0913. The van der Waals surface area contributed by atoms with Crippen LogP contribution in [0.2, 0.25) is 0 Å². The number of hydrogen-bond donors (Lipinski definition) is 3. The zero-order valence-corrected chi connectivity index (χ0v) is 7.90. The summed E-state index contributed by atoms with van der Waals surface area (Å²) in [4.78, 5) is 4.21. The van der Waals surface area contributed by atoms with Gasteiger partial charge in [-0.1, -0.05) is 0 Å². The van der Waals surface area contributed by atoms with Crippen molar-refractivity contribution in [1.29, 1.82) is 0 Å². The van der Waals surface area contributed by atoms with Gasteiger partial charge in [0.1, 0.15) is 6.17 Å². The lowest BCUT2D eigenvalue weighted by Gasteiger charge is -2.20. The average Bonchev–Trinajstić information content (AvgIpc) is 2.86. The van der Waals surface area contributed by atoms with Crippen LogP contribution in [-0.2, 0) is 0 Å². The summed E-state index contributed by atoms with van der Waals surface area (Å²) >= 11 is 0. The van der Waals surface area contributed by atoms with Crippen molar-refractivity contribution in [2.24, 2.45) is 10.7 Å². The fourth-order valence-electron chi connectivity index (χ4n) is 1.73. The molecule has 0 bridgehead atoms. The molecule has 2 aliphatic rings. The van der Waals surface area contributed by atoms with Gasteiger partial charge in [-0.05, 0) is 24.4 Å². The van der Waals surface area contributed by atoms with E-state index in [0.29, 0.717) is 5.96 Å². The fraction of sp³-hybridized carbons (Fsp3) is 0.100. The third-order valence-corrected chi connectivity index (χ3v) is 2.39. The molecule has 0 fully saturated rings. The van der Waals surface area contributed by atoms with Gasteiger partial charge in [0.2, 0.25) is 0 Å². The SMILES string of the molecule is NC1=NC2NC=CC2=C(c2ccco2)N1. The van der Waals surface area contributed by atoms with E-state index >= 15 is 0 Å². The first kappa shape index (κ1) is 8.16. The van der Waals surface area contributed by atoms with Gasteiger partial charge in [0, 0.05) is 5.57 Å². The molecule has 1 aromatic heterocycles. The summed E-state index contributed by atoms with van der Waals surface area (Å²) in [7, 11) is 0. The molecular weight excluding hydrogens is 192 g/mol. The van der Waals surface area contributed by atoms with E-state index in [1.807, 2.05) is 24.4 Å². The van der Waals surface area contributed by atoms with Crippen molar-refractivity contribution in [2.75, 3.05) is 0 Å². The lowest BCUT2D eigenvalue weighted by molar-refractivity contribution is 0.547. The van der Waals surface area contributed by atoms with Gasteiger partial charge in [-0.15, -0.1) is 0 Å². The van der Waals surface area contributed by atoms with E-state index in [1.165, 1.54) is 0 Å². The van der Waals surface area contributed by atoms with Crippen molar-refractivity contribution in [3.63, 3.8) is 0 Å². The predicted octanol–water partition coefficient (Wildman–Crippen LogP) is 0.352. The highest BCUT2D eigenvalue weighted by Crippen LogP contribution is 2.25. The molecule has 4 N–H and O–H groups in total. The number of nitrogens with zero attached hydrogens (tertiary/aromatic N) is 1. The van der Waals surface area contributed by atoms with Gasteiger partial charge in [0.05, 0.1) is 12.0 Å². The first-order valence-electron chi connectivity index (χ1n) is 4.65. The molecule has 0 radical (unpaired) electrons. The quantitative estimate of drug-likeness (QED) is 0.614. The molecule has 1 atom stereocenters. The maximum atomic E-state index is 5.68. The summed E-state index contributed by atoms with van der Waals surface area (Å²) in [5, 5.41) is 6.11. The first-order valence-corrected chi connectivity index (χ1v) is 4.65. The standard InChI is InChI=1S/C10H10N4O/c11-10-13-8(7-2-1-5-15-7)6-3-4-12-9(6)14-10/h1-5,9,12H,(H3,11,13,14). The minimum Gasteiger partial charge on any atom is -0.463 e. The largest absolute Gasteiger partial charge is 0.463 e. The van der Waals surface area contributed by atoms with Crippen LogP contribution in [0.15, 0.2) is 45.7 Å². The minimum atomic E-state index is -0.0913. The number of aliphatic imine (C=N–C) groups is 1. The summed E-state index contributed by atoms with van der Waals surface area (Å²) in [6.45, 7) is 0. The normalized spacial score (nSPS) is 23.2. The molecule has 2 aliphatic heterocycles. The molecule has 1 aromatic rings. The molecule has 0 spiro atoms. The van der Waals surface area contributed by atoms with Crippen molar-refractivity contribution in [3.05, 3.63) is 42.0 Å². The Labute approximate surface area is 86.4 Å². The predicted molar refractivity (Wildman–Crippen MR) is 56.4 cm³/mol. The lowest BCUT2D eigenvalue weighted by atomic mass is 10.1. The molecule has 3 heterocycles. The molecule has 0 aromatic carbocycles. The Balaban J connectivity index is 2.09. The zero-order valence-electron chi connectivity index (χ0n) is 7.90. The van der Waals surface area contributed by atoms with E-state index in [-0.39, 0.29) is 6.17 Å². The Hall–Kier alpha value is -2.17. The Kier molecular flexibility index (Phi) is 1.58. The Morgan fingerprint density at radius 2 is 2.40 bits per heavy atom. The molecule has 0 saturated heterocycles. The summed E-state index contributed by atoms with van der Waals surface area (Å²) < 4.78 is 5.34. The van der Waals surface area contributed by atoms with Crippen LogP contribution >= 0.6 is 0 Å². The van der Waals surface area contributed by atoms with Crippen LogP contribution in [0, 0.1) is 0 Å². The van der Waals surface area contributed by atoms with Gasteiger partial charge < -0.3 is 20.8 Å². The van der Waals surface area contributed by atoms with E-state index in [0.717, 1.165) is 17.0 Å².